The summed E-state index contributed by atoms with van der Waals surface area (Å²) in [5.74, 6) is 0. The summed E-state index contributed by atoms with van der Waals surface area (Å²) in [6.07, 6.45) is 0. The molecule has 0 atom stereocenters. The smallest absolute Gasteiger partial charge is 0.0712 e. The molecule has 0 radical (unpaired) electrons. The summed E-state index contributed by atoms with van der Waals surface area (Å²) in [6, 6.07) is 22.3. The number of hydrogen-bond donors (Lipinski definition) is 0. The van der Waals surface area contributed by atoms with Crippen LogP contribution in [0.15, 0.2) is 60.7 Å². The molecule has 0 spiro atoms. The largest absolute Gasteiger partial charge is 0.248 e. The van der Waals surface area contributed by atoms with Crippen molar-refractivity contribution in [2.75, 3.05) is 0 Å². The predicted molar refractivity (Wildman–Crippen MR) is 131 cm³/mol. The molecule has 0 saturated heterocycles. The van der Waals surface area contributed by atoms with Gasteiger partial charge in [-0.3, -0.25) is 0 Å². The fourth-order valence-electron chi connectivity index (χ4n) is 3.54. The molecule has 0 fully saturated rings. The van der Waals surface area contributed by atoms with Crippen LogP contribution in [0.3, 0.4) is 0 Å². The maximum absolute atomic E-state index is 5.07. The fourth-order valence-corrected chi connectivity index (χ4v) is 3.54. The van der Waals surface area contributed by atoms with E-state index in [1.165, 1.54) is 27.8 Å². The van der Waals surface area contributed by atoms with Crippen molar-refractivity contribution < 1.29 is 0 Å². The van der Waals surface area contributed by atoms with Gasteiger partial charge in [0.15, 0.2) is 0 Å². The van der Waals surface area contributed by atoms with E-state index in [1.54, 1.807) is 0 Å². The topological polar surface area (TPSA) is 12.9 Å². The lowest BCUT2D eigenvalue weighted by Crippen LogP contribution is -2.12. The molecule has 1 nitrogen and oxygen atoms in total. The van der Waals surface area contributed by atoms with Crippen LogP contribution in [0.1, 0.15) is 79.0 Å². The van der Waals surface area contributed by atoms with Crippen LogP contribution >= 0.6 is 0 Å². The zero-order valence-corrected chi connectivity index (χ0v) is 20.2. The van der Waals surface area contributed by atoms with E-state index < -0.39 is 0 Å². The molecule has 0 aliphatic carbocycles. The summed E-state index contributed by atoms with van der Waals surface area (Å²) in [5, 5.41) is 0. The van der Waals surface area contributed by atoms with Gasteiger partial charge in [0.25, 0.3) is 0 Å². The van der Waals surface area contributed by atoms with E-state index >= 15 is 0 Å². The minimum atomic E-state index is 0.0587. The molecule has 0 aliphatic rings. The molecule has 0 N–H and O–H groups in total. The summed E-state index contributed by atoms with van der Waals surface area (Å²) in [6.45, 7) is 20.3. The molecule has 0 bridgehead atoms. The average Bonchev–Trinajstić information content (AvgIpc) is 2.66. The first-order valence-electron chi connectivity index (χ1n) is 11.0. The minimum Gasteiger partial charge on any atom is -0.248 e. The minimum absolute atomic E-state index is 0.0587. The Morgan fingerprint density at radius 2 is 0.733 bits per heavy atom. The van der Waals surface area contributed by atoms with Crippen LogP contribution < -0.4 is 0 Å². The van der Waals surface area contributed by atoms with E-state index in [4.69, 9.17) is 4.98 Å². The van der Waals surface area contributed by atoms with Gasteiger partial charge in [0.1, 0.15) is 0 Å². The third kappa shape index (κ3) is 5.01. The normalized spacial score (nSPS) is 12.8. The Morgan fingerprint density at radius 3 is 1.00 bits per heavy atom. The van der Waals surface area contributed by atoms with Crippen LogP contribution in [-0.2, 0) is 16.2 Å². The second kappa shape index (κ2) is 7.69. The Hall–Kier alpha value is -2.41. The van der Waals surface area contributed by atoms with Gasteiger partial charge in [-0.05, 0) is 45.1 Å². The highest BCUT2D eigenvalue weighted by Crippen LogP contribution is 2.33. The van der Waals surface area contributed by atoms with E-state index in [2.05, 4.69) is 123 Å². The SMILES string of the molecule is CC(C)(C)c1ccc(-c2cc(C(C)(C)C)cc(-c3ccc(C(C)(C)C)cc3)n2)cc1. The maximum Gasteiger partial charge on any atom is 0.0712 e. The molecule has 3 rings (SSSR count). The van der Waals surface area contributed by atoms with Crippen molar-refractivity contribution in [1.29, 1.82) is 0 Å². The van der Waals surface area contributed by atoms with Crippen molar-refractivity contribution in [2.45, 2.75) is 78.6 Å². The molecular weight excluding hydrogens is 362 g/mol. The Bertz CT molecular complexity index is 927. The summed E-state index contributed by atoms with van der Waals surface area (Å²) >= 11 is 0. The Morgan fingerprint density at radius 1 is 0.433 bits per heavy atom. The van der Waals surface area contributed by atoms with E-state index in [9.17, 15) is 0 Å². The summed E-state index contributed by atoms with van der Waals surface area (Å²) in [5.41, 5.74) is 8.77. The molecule has 0 unspecified atom stereocenters. The molecule has 158 valence electrons. The number of benzene rings is 2. The number of rotatable bonds is 2. The lowest BCUT2D eigenvalue weighted by molar-refractivity contribution is 0.589. The molecule has 3 aromatic rings. The van der Waals surface area contributed by atoms with Crippen molar-refractivity contribution in [3.05, 3.63) is 77.4 Å². The highest BCUT2D eigenvalue weighted by molar-refractivity contribution is 5.68. The van der Waals surface area contributed by atoms with Crippen molar-refractivity contribution >= 4 is 0 Å². The number of aromatic nitrogens is 1. The van der Waals surface area contributed by atoms with Crippen LogP contribution in [0.5, 0.6) is 0 Å². The van der Waals surface area contributed by atoms with Gasteiger partial charge >= 0.3 is 0 Å². The number of nitrogens with zero attached hydrogens (tertiary/aromatic N) is 1. The van der Waals surface area contributed by atoms with Crippen LogP contribution in [0, 0.1) is 0 Å². The summed E-state index contributed by atoms with van der Waals surface area (Å²) < 4.78 is 0. The Labute approximate surface area is 183 Å². The molecular formula is C29H37N. The monoisotopic (exact) mass is 399 g/mol. The Balaban J connectivity index is 2.09. The highest BCUT2D eigenvalue weighted by Gasteiger charge is 2.19. The molecule has 0 aliphatic heterocycles. The van der Waals surface area contributed by atoms with Crippen LogP contribution in [0.25, 0.3) is 22.5 Å². The van der Waals surface area contributed by atoms with Crippen LogP contribution in [0.4, 0.5) is 0 Å². The van der Waals surface area contributed by atoms with Gasteiger partial charge < -0.3 is 0 Å². The third-order valence-electron chi connectivity index (χ3n) is 5.78. The van der Waals surface area contributed by atoms with E-state index in [0.29, 0.717) is 0 Å². The van der Waals surface area contributed by atoms with Gasteiger partial charge in [-0.25, -0.2) is 4.98 Å². The standard InChI is InChI=1S/C29H37N/c1-27(2,3)22-14-10-20(11-15-22)25-18-24(29(7,8)9)19-26(30-25)21-12-16-23(17-13-21)28(4,5)6/h10-19H,1-9H3. The molecule has 0 amide bonds. The van der Waals surface area contributed by atoms with Gasteiger partial charge in [0.2, 0.25) is 0 Å². The van der Waals surface area contributed by atoms with Crippen molar-refractivity contribution in [3.8, 4) is 22.5 Å². The number of pyridine rings is 1. The Kier molecular flexibility index (Phi) is 5.71. The fraction of sp³-hybridized carbons (Fsp3) is 0.414. The molecule has 1 aromatic heterocycles. The zero-order chi connectivity index (χ0) is 22.3. The van der Waals surface area contributed by atoms with Crippen LogP contribution in [0.2, 0.25) is 0 Å². The molecule has 1 heterocycles. The van der Waals surface area contributed by atoms with Gasteiger partial charge in [-0.1, -0.05) is 111 Å². The number of hydrogen-bond acceptors (Lipinski definition) is 1. The molecule has 0 saturated carbocycles. The molecule has 2 aromatic carbocycles. The van der Waals surface area contributed by atoms with Gasteiger partial charge in [-0.2, -0.15) is 0 Å². The maximum atomic E-state index is 5.07. The second-order valence-electron chi connectivity index (χ2n) is 11.5. The van der Waals surface area contributed by atoms with Crippen molar-refractivity contribution in [3.63, 3.8) is 0 Å². The highest BCUT2D eigenvalue weighted by atomic mass is 14.7. The lowest BCUT2D eigenvalue weighted by atomic mass is 9.84. The van der Waals surface area contributed by atoms with Crippen molar-refractivity contribution in [1.82, 2.24) is 4.98 Å². The van der Waals surface area contributed by atoms with Crippen molar-refractivity contribution in [2.24, 2.45) is 0 Å². The van der Waals surface area contributed by atoms with Gasteiger partial charge in [-0.15, -0.1) is 0 Å². The first kappa shape index (κ1) is 22.3. The molecule has 1 heteroatoms. The van der Waals surface area contributed by atoms with Gasteiger partial charge in [0, 0.05) is 11.1 Å². The van der Waals surface area contributed by atoms with Gasteiger partial charge in [0.05, 0.1) is 11.4 Å². The quantitative estimate of drug-likeness (QED) is 0.422. The molecule has 30 heavy (non-hydrogen) atoms. The zero-order valence-electron chi connectivity index (χ0n) is 20.2. The first-order chi connectivity index (χ1) is 13.7. The first-order valence-corrected chi connectivity index (χ1v) is 11.0. The summed E-state index contributed by atoms with van der Waals surface area (Å²) in [4.78, 5) is 5.07. The van der Waals surface area contributed by atoms with E-state index in [-0.39, 0.29) is 16.2 Å². The van der Waals surface area contributed by atoms with E-state index in [0.717, 1.165) is 11.4 Å². The second-order valence-corrected chi connectivity index (χ2v) is 11.5. The summed E-state index contributed by atoms with van der Waals surface area (Å²) in [7, 11) is 0. The van der Waals surface area contributed by atoms with E-state index in [1.807, 2.05) is 0 Å². The third-order valence-corrected chi connectivity index (χ3v) is 5.78. The predicted octanol–water partition coefficient (Wildman–Crippen LogP) is 8.31. The average molecular weight is 400 g/mol. The van der Waals surface area contributed by atoms with Crippen LogP contribution in [-0.4, -0.2) is 4.98 Å². The lowest BCUT2D eigenvalue weighted by Gasteiger charge is -2.22.